The molecule has 0 aliphatic rings. The van der Waals surface area contributed by atoms with Gasteiger partial charge >= 0.3 is 0 Å². The van der Waals surface area contributed by atoms with E-state index in [1.807, 2.05) is 24.3 Å². The molecule has 0 saturated carbocycles. The predicted molar refractivity (Wildman–Crippen MR) is 80.2 cm³/mol. The van der Waals surface area contributed by atoms with Crippen molar-refractivity contribution < 1.29 is 4.79 Å². The first kappa shape index (κ1) is 16.0. The summed E-state index contributed by atoms with van der Waals surface area (Å²) in [4.78, 5) is 11.6. The molecule has 19 heavy (non-hydrogen) atoms. The maximum absolute atomic E-state index is 11.6. The van der Waals surface area contributed by atoms with Gasteiger partial charge in [-0.15, -0.1) is 0 Å². The summed E-state index contributed by atoms with van der Waals surface area (Å²) in [6.07, 6.45) is 1.66. The van der Waals surface area contributed by atoms with E-state index in [0.717, 1.165) is 25.1 Å². The summed E-state index contributed by atoms with van der Waals surface area (Å²) in [5.74, 6) is 0.776. The number of nitrogens with one attached hydrogen (secondary N) is 2. The first-order valence-electron chi connectivity index (χ1n) is 6.80. The van der Waals surface area contributed by atoms with Gasteiger partial charge in [0.15, 0.2) is 0 Å². The topological polar surface area (TPSA) is 41.1 Å². The molecule has 0 unspecified atom stereocenters. The molecular formula is C15H23ClN2O. The fraction of sp³-hybridized carbons (Fsp3) is 0.533. The quantitative estimate of drug-likeness (QED) is 0.720. The maximum Gasteiger partial charge on any atom is 0.221 e. The van der Waals surface area contributed by atoms with Crippen LogP contribution >= 0.6 is 11.6 Å². The Bertz CT molecular complexity index is 376. The van der Waals surface area contributed by atoms with Gasteiger partial charge in [0.2, 0.25) is 5.91 Å². The third kappa shape index (κ3) is 7.85. The molecule has 3 nitrogen and oxygen atoms in total. The lowest BCUT2D eigenvalue weighted by atomic mass is 10.1. The van der Waals surface area contributed by atoms with Crippen molar-refractivity contribution in [1.29, 1.82) is 0 Å². The molecule has 0 aliphatic heterocycles. The molecule has 0 aliphatic carbocycles. The lowest BCUT2D eigenvalue weighted by Crippen LogP contribution is -2.28. The van der Waals surface area contributed by atoms with Gasteiger partial charge in [-0.2, -0.15) is 0 Å². The van der Waals surface area contributed by atoms with Gasteiger partial charge in [-0.25, -0.2) is 0 Å². The Morgan fingerprint density at radius 2 is 1.89 bits per heavy atom. The fourth-order valence-corrected chi connectivity index (χ4v) is 1.73. The van der Waals surface area contributed by atoms with Gasteiger partial charge in [0.25, 0.3) is 0 Å². The van der Waals surface area contributed by atoms with E-state index in [-0.39, 0.29) is 5.91 Å². The molecule has 1 rings (SSSR count). The van der Waals surface area contributed by atoms with Gasteiger partial charge in [-0.05, 0) is 36.6 Å². The summed E-state index contributed by atoms with van der Waals surface area (Å²) in [7, 11) is 0. The van der Waals surface area contributed by atoms with Gasteiger partial charge < -0.3 is 10.6 Å². The van der Waals surface area contributed by atoms with Crippen LogP contribution in [0.4, 0.5) is 0 Å². The smallest absolute Gasteiger partial charge is 0.221 e. The Hall–Kier alpha value is -1.06. The average molecular weight is 283 g/mol. The molecule has 1 aromatic carbocycles. The Balaban J connectivity index is 2.09. The number of hydrogen-bond acceptors (Lipinski definition) is 2. The number of carbonyl (C=O) groups excluding carboxylic acids is 1. The van der Waals surface area contributed by atoms with E-state index in [1.165, 1.54) is 0 Å². The summed E-state index contributed by atoms with van der Waals surface area (Å²) < 4.78 is 0. The molecule has 0 heterocycles. The van der Waals surface area contributed by atoms with Gasteiger partial charge in [0, 0.05) is 24.5 Å². The number of carbonyl (C=O) groups is 1. The summed E-state index contributed by atoms with van der Waals surface area (Å²) in [6.45, 7) is 6.66. The van der Waals surface area contributed by atoms with E-state index in [1.54, 1.807) is 0 Å². The van der Waals surface area contributed by atoms with Crippen molar-refractivity contribution >= 4 is 17.5 Å². The number of halogens is 1. The van der Waals surface area contributed by atoms with Crippen LogP contribution in [0.1, 0.15) is 32.3 Å². The number of amides is 1. The van der Waals surface area contributed by atoms with Crippen molar-refractivity contribution in [2.24, 2.45) is 5.92 Å². The zero-order valence-corrected chi connectivity index (χ0v) is 12.5. The van der Waals surface area contributed by atoms with Crippen molar-refractivity contribution in [3.05, 3.63) is 34.9 Å². The van der Waals surface area contributed by atoms with Crippen LogP contribution in [0.2, 0.25) is 5.02 Å². The highest BCUT2D eigenvalue weighted by molar-refractivity contribution is 6.30. The van der Waals surface area contributed by atoms with Crippen molar-refractivity contribution in [2.45, 2.75) is 33.2 Å². The zero-order chi connectivity index (χ0) is 14.1. The highest BCUT2D eigenvalue weighted by Gasteiger charge is 2.01. The van der Waals surface area contributed by atoms with E-state index in [9.17, 15) is 4.79 Å². The van der Waals surface area contributed by atoms with Crippen LogP contribution in [0.15, 0.2) is 24.3 Å². The van der Waals surface area contributed by atoms with Crippen LogP contribution in [0.3, 0.4) is 0 Å². The van der Waals surface area contributed by atoms with E-state index in [2.05, 4.69) is 24.5 Å². The van der Waals surface area contributed by atoms with Gasteiger partial charge in [-0.1, -0.05) is 37.6 Å². The molecule has 4 heteroatoms. The highest BCUT2D eigenvalue weighted by atomic mass is 35.5. The van der Waals surface area contributed by atoms with Crippen molar-refractivity contribution in [3.63, 3.8) is 0 Å². The van der Waals surface area contributed by atoms with E-state index in [4.69, 9.17) is 11.6 Å². The molecular weight excluding hydrogens is 260 g/mol. The minimum Gasteiger partial charge on any atom is -0.352 e. The first-order chi connectivity index (χ1) is 9.08. The molecule has 0 saturated heterocycles. The number of benzene rings is 1. The molecule has 106 valence electrons. The van der Waals surface area contributed by atoms with E-state index >= 15 is 0 Å². The van der Waals surface area contributed by atoms with Crippen LogP contribution in [0.5, 0.6) is 0 Å². The van der Waals surface area contributed by atoms with Crippen molar-refractivity contribution in [2.75, 3.05) is 13.1 Å². The van der Waals surface area contributed by atoms with Gasteiger partial charge in [0.05, 0.1) is 0 Å². The summed E-state index contributed by atoms with van der Waals surface area (Å²) in [5.41, 5.74) is 1.06. The molecule has 0 aromatic heterocycles. The minimum atomic E-state index is 0.0759. The predicted octanol–water partition coefficient (Wildman–Crippen LogP) is 2.98. The van der Waals surface area contributed by atoms with Crippen molar-refractivity contribution in [1.82, 2.24) is 10.6 Å². The highest BCUT2D eigenvalue weighted by Crippen LogP contribution is 2.09. The Kier molecular flexibility index (Phi) is 7.53. The molecule has 1 aromatic rings. The fourth-order valence-electron chi connectivity index (χ4n) is 1.61. The average Bonchev–Trinajstić information content (AvgIpc) is 2.37. The largest absolute Gasteiger partial charge is 0.352 e. The van der Waals surface area contributed by atoms with Gasteiger partial charge in [-0.3, -0.25) is 4.79 Å². The second kappa shape index (κ2) is 8.94. The molecule has 2 N–H and O–H groups in total. The normalized spacial score (nSPS) is 10.7. The zero-order valence-electron chi connectivity index (χ0n) is 11.7. The second-order valence-corrected chi connectivity index (χ2v) is 5.52. The number of rotatable bonds is 8. The van der Waals surface area contributed by atoms with Crippen molar-refractivity contribution in [3.8, 4) is 0 Å². The van der Waals surface area contributed by atoms with E-state index < -0.39 is 0 Å². The van der Waals surface area contributed by atoms with Crippen LogP contribution in [0, 0.1) is 5.92 Å². The lowest BCUT2D eigenvalue weighted by Gasteiger charge is -2.08. The lowest BCUT2D eigenvalue weighted by molar-refractivity contribution is -0.121. The molecule has 0 fully saturated rings. The molecule has 0 radical (unpaired) electrons. The summed E-state index contributed by atoms with van der Waals surface area (Å²) in [5, 5.41) is 6.88. The second-order valence-electron chi connectivity index (χ2n) is 5.09. The Morgan fingerprint density at radius 3 is 2.53 bits per heavy atom. The van der Waals surface area contributed by atoms with Gasteiger partial charge in [0.1, 0.15) is 0 Å². The van der Waals surface area contributed by atoms with Crippen LogP contribution < -0.4 is 10.6 Å². The Labute approximate surface area is 120 Å². The molecule has 0 atom stereocenters. The van der Waals surface area contributed by atoms with E-state index in [0.29, 0.717) is 23.9 Å². The third-order valence-electron chi connectivity index (χ3n) is 2.83. The summed E-state index contributed by atoms with van der Waals surface area (Å²) in [6, 6.07) is 7.50. The van der Waals surface area contributed by atoms with Crippen LogP contribution in [0.25, 0.3) is 0 Å². The maximum atomic E-state index is 11.6. The summed E-state index contributed by atoms with van der Waals surface area (Å²) >= 11 is 5.80. The van der Waals surface area contributed by atoms with Crippen LogP contribution in [-0.2, 0) is 11.3 Å². The standard InChI is InChI=1S/C15H23ClN2O/c1-12(2)7-9-17-10-8-15(19)18-11-13-3-5-14(16)6-4-13/h3-6,12,17H,7-11H2,1-2H3,(H,18,19). The Morgan fingerprint density at radius 1 is 1.21 bits per heavy atom. The molecule has 0 bridgehead atoms. The SMILES string of the molecule is CC(C)CCNCCC(=O)NCc1ccc(Cl)cc1. The molecule has 0 spiro atoms. The monoisotopic (exact) mass is 282 g/mol. The first-order valence-corrected chi connectivity index (χ1v) is 7.17. The minimum absolute atomic E-state index is 0.0759. The third-order valence-corrected chi connectivity index (χ3v) is 3.08. The van der Waals surface area contributed by atoms with Crippen LogP contribution in [-0.4, -0.2) is 19.0 Å². The molecule has 1 amide bonds. The number of hydrogen-bond donors (Lipinski definition) is 2.